The molecule has 2 heterocycles. The fourth-order valence-corrected chi connectivity index (χ4v) is 4.64. The fourth-order valence-electron chi connectivity index (χ4n) is 3.40. The Labute approximate surface area is 174 Å². The summed E-state index contributed by atoms with van der Waals surface area (Å²) in [5.74, 6) is 0.447. The van der Waals surface area contributed by atoms with E-state index in [1.807, 2.05) is 68.4 Å². The molecule has 0 radical (unpaired) electrons. The van der Waals surface area contributed by atoms with Crippen LogP contribution in [0.5, 0.6) is 0 Å². The number of thioether (sulfide) groups is 1. The molecule has 0 aliphatic carbocycles. The van der Waals surface area contributed by atoms with E-state index < -0.39 is 0 Å². The zero-order valence-corrected chi connectivity index (χ0v) is 17.2. The lowest BCUT2D eigenvalue weighted by Gasteiger charge is -2.22. The van der Waals surface area contributed by atoms with E-state index in [1.165, 1.54) is 0 Å². The van der Waals surface area contributed by atoms with E-state index in [1.54, 1.807) is 22.9 Å². The summed E-state index contributed by atoms with van der Waals surface area (Å²) < 4.78 is 5.54. The first-order valence-electron chi connectivity index (χ1n) is 9.48. The van der Waals surface area contributed by atoms with Crippen molar-refractivity contribution in [2.45, 2.75) is 30.4 Å². The van der Waals surface area contributed by atoms with E-state index in [4.69, 9.17) is 4.42 Å². The Kier molecular flexibility index (Phi) is 5.45. The first-order valence-corrected chi connectivity index (χ1v) is 10.4. The van der Waals surface area contributed by atoms with Crippen molar-refractivity contribution in [1.29, 1.82) is 0 Å². The summed E-state index contributed by atoms with van der Waals surface area (Å²) >= 11 is 1.59. The third kappa shape index (κ3) is 4.07. The predicted molar refractivity (Wildman–Crippen MR) is 115 cm³/mol. The van der Waals surface area contributed by atoms with Crippen LogP contribution in [0.1, 0.15) is 28.6 Å². The number of para-hydroxylation sites is 1. The van der Waals surface area contributed by atoms with Crippen LogP contribution < -0.4 is 10.2 Å². The van der Waals surface area contributed by atoms with Crippen LogP contribution in [0.25, 0.3) is 0 Å². The van der Waals surface area contributed by atoms with E-state index in [9.17, 15) is 9.59 Å². The molecular formula is C23H22N2O3S. The van der Waals surface area contributed by atoms with Gasteiger partial charge in [0.05, 0.1) is 17.2 Å². The van der Waals surface area contributed by atoms with Gasteiger partial charge in [-0.1, -0.05) is 24.3 Å². The average Bonchev–Trinajstić information content (AvgIpc) is 3.20. The summed E-state index contributed by atoms with van der Waals surface area (Å²) in [7, 11) is 0. The number of amides is 2. The van der Waals surface area contributed by atoms with Gasteiger partial charge in [0.25, 0.3) is 0 Å². The highest BCUT2D eigenvalue weighted by molar-refractivity contribution is 7.99. The molecule has 5 nitrogen and oxygen atoms in total. The highest BCUT2D eigenvalue weighted by atomic mass is 32.2. The summed E-state index contributed by atoms with van der Waals surface area (Å²) in [6.45, 7) is 3.95. The Bertz CT molecular complexity index is 1050. The summed E-state index contributed by atoms with van der Waals surface area (Å²) in [5.41, 5.74) is 3.66. The molecule has 0 fully saturated rings. The van der Waals surface area contributed by atoms with Crippen molar-refractivity contribution in [3.8, 4) is 0 Å². The van der Waals surface area contributed by atoms with E-state index in [0.717, 1.165) is 33.2 Å². The molecule has 0 bridgehead atoms. The topological polar surface area (TPSA) is 62.6 Å². The number of carbonyl (C=O) groups excluding carboxylic acids is 2. The highest BCUT2D eigenvalue weighted by Gasteiger charge is 2.31. The Balaban J connectivity index is 1.59. The average molecular weight is 407 g/mol. The molecule has 2 amide bonds. The number of hydrogen-bond acceptors (Lipinski definition) is 4. The van der Waals surface area contributed by atoms with Gasteiger partial charge in [0, 0.05) is 17.0 Å². The Morgan fingerprint density at radius 3 is 2.76 bits per heavy atom. The molecule has 1 atom stereocenters. The molecule has 6 heteroatoms. The molecule has 0 spiro atoms. The molecule has 2 aromatic carbocycles. The first kappa shape index (κ1) is 19.3. The number of nitrogens with one attached hydrogen (secondary N) is 1. The largest absolute Gasteiger partial charge is 0.468 e. The van der Waals surface area contributed by atoms with Gasteiger partial charge < -0.3 is 14.6 Å². The van der Waals surface area contributed by atoms with Crippen LogP contribution in [0, 0.1) is 13.8 Å². The monoisotopic (exact) mass is 406 g/mol. The lowest BCUT2D eigenvalue weighted by Crippen LogP contribution is -2.38. The third-order valence-electron chi connectivity index (χ3n) is 5.13. The van der Waals surface area contributed by atoms with E-state index in [-0.39, 0.29) is 30.0 Å². The van der Waals surface area contributed by atoms with Gasteiger partial charge in [0.1, 0.15) is 12.3 Å². The lowest BCUT2D eigenvalue weighted by molar-refractivity contribution is -0.121. The number of benzene rings is 2. The van der Waals surface area contributed by atoms with Crippen molar-refractivity contribution in [2.24, 2.45) is 0 Å². The minimum absolute atomic E-state index is 0.0331. The number of aryl methyl sites for hydroxylation is 1. The number of furan rings is 1. The van der Waals surface area contributed by atoms with Gasteiger partial charge in [-0.3, -0.25) is 9.59 Å². The SMILES string of the molecule is Cc1cccc(NC(=O)CN2C(=O)C[C@H](c3ccco3)Sc3ccccc32)c1C. The van der Waals surface area contributed by atoms with Crippen LogP contribution in [0.3, 0.4) is 0 Å². The molecule has 0 saturated heterocycles. The van der Waals surface area contributed by atoms with Crippen LogP contribution in [-0.2, 0) is 9.59 Å². The predicted octanol–water partition coefficient (Wildman–Crippen LogP) is 5.11. The summed E-state index contributed by atoms with van der Waals surface area (Å²) in [4.78, 5) is 28.4. The molecule has 0 unspecified atom stereocenters. The van der Waals surface area contributed by atoms with Crippen molar-refractivity contribution in [2.75, 3.05) is 16.8 Å². The molecule has 1 aliphatic heterocycles. The molecule has 0 saturated carbocycles. The van der Waals surface area contributed by atoms with Gasteiger partial charge in [-0.25, -0.2) is 0 Å². The molecule has 1 aliphatic rings. The summed E-state index contributed by atoms with van der Waals surface area (Å²) in [5, 5.41) is 2.83. The molecule has 1 aromatic heterocycles. The van der Waals surface area contributed by atoms with Crippen LogP contribution >= 0.6 is 11.8 Å². The number of nitrogens with zero attached hydrogens (tertiary/aromatic N) is 1. The zero-order valence-electron chi connectivity index (χ0n) is 16.3. The van der Waals surface area contributed by atoms with E-state index in [0.29, 0.717) is 0 Å². The summed E-state index contributed by atoms with van der Waals surface area (Å²) in [6, 6.07) is 17.2. The molecule has 1 N–H and O–H groups in total. The van der Waals surface area contributed by atoms with Crippen LogP contribution in [0.4, 0.5) is 11.4 Å². The quantitative estimate of drug-likeness (QED) is 0.654. The van der Waals surface area contributed by atoms with Crippen molar-refractivity contribution in [3.05, 3.63) is 77.7 Å². The maximum Gasteiger partial charge on any atom is 0.244 e. The number of anilines is 2. The maximum atomic E-state index is 13.1. The van der Waals surface area contributed by atoms with Gasteiger partial charge in [0.2, 0.25) is 11.8 Å². The molecular weight excluding hydrogens is 384 g/mol. The Hall–Kier alpha value is -2.99. The van der Waals surface area contributed by atoms with Crippen molar-refractivity contribution in [3.63, 3.8) is 0 Å². The second-order valence-corrected chi connectivity index (χ2v) is 8.31. The Morgan fingerprint density at radius 1 is 1.14 bits per heavy atom. The van der Waals surface area contributed by atoms with Crippen molar-refractivity contribution in [1.82, 2.24) is 0 Å². The standard InChI is InChI=1S/C23H22N2O3S/c1-15-7-5-8-17(16(15)2)24-22(26)14-25-18-9-3-4-11-20(18)29-21(13-23(25)27)19-10-6-12-28-19/h3-12,21H,13-14H2,1-2H3,(H,24,26)/t21-/m1/s1. The van der Waals surface area contributed by atoms with Crippen molar-refractivity contribution < 1.29 is 14.0 Å². The van der Waals surface area contributed by atoms with Gasteiger partial charge in [-0.15, -0.1) is 11.8 Å². The Morgan fingerprint density at radius 2 is 1.97 bits per heavy atom. The van der Waals surface area contributed by atoms with Gasteiger partial charge in [0.15, 0.2) is 0 Å². The van der Waals surface area contributed by atoms with Gasteiger partial charge in [-0.2, -0.15) is 0 Å². The second-order valence-electron chi connectivity index (χ2n) is 7.07. The lowest BCUT2D eigenvalue weighted by atomic mass is 10.1. The van der Waals surface area contributed by atoms with Crippen LogP contribution in [0.2, 0.25) is 0 Å². The second kappa shape index (κ2) is 8.17. The zero-order chi connectivity index (χ0) is 20.4. The summed E-state index contributed by atoms with van der Waals surface area (Å²) in [6.07, 6.45) is 1.89. The minimum atomic E-state index is -0.219. The first-order chi connectivity index (χ1) is 14.0. The minimum Gasteiger partial charge on any atom is -0.468 e. The molecule has 148 valence electrons. The van der Waals surface area contributed by atoms with Crippen LogP contribution in [0.15, 0.2) is 70.2 Å². The number of rotatable bonds is 4. The maximum absolute atomic E-state index is 13.1. The molecule has 4 rings (SSSR count). The van der Waals surface area contributed by atoms with E-state index >= 15 is 0 Å². The fraction of sp³-hybridized carbons (Fsp3) is 0.217. The smallest absolute Gasteiger partial charge is 0.244 e. The third-order valence-corrected chi connectivity index (χ3v) is 6.41. The van der Waals surface area contributed by atoms with Crippen molar-refractivity contribution >= 4 is 35.0 Å². The van der Waals surface area contributed by atoms with Gasteiger partial charge in [-0.05, 0) is 55.3 Å². The van der Waals surface area contributed by atoms with Gasteiger partial charge >= 0.3 is 0 Å². The normalized spacial score (nSPS) is 16.3. The van der Waals surface area contributed by atoms with Crippen LogP contribution in [-0.4, -0.2) is 18.4 Å². The molecule has 3 aromatic rings. The number of carbonyl (C=O) groups is 2. The number of hydrogen-bond donors (Lipinski definition) is 1. The number of fused-ring (bicyclic) bond motifs is 1. The highest BCUT2D eigenvalue weighted by Crippen LogP contribution is 2.45. The molecule has 29 heavy (non-hydrogen) atoms. The van der Waals surface area contributed by atoms with E-state index in [2.05, 4.69) is 5.32 Å².